The Labute approximate surface area is 156 Å². The predicted molar refractivity (Wildman–Crippen MR) is 98.5 cm³/mol. The quantitative estimate of drug-likeness (QED) is 0.717. The third-order valence-electron chi connectivity index (χ3n) is 3.98. The van der Waals surface area contributed by atoms with E-state index in [9.17, 15) is 12.8 Å². The van der Waals surface area contributed by atoms with Gasteiger partial charge in [0.1, 0.15) is 10.7 Å². The molecule has 8 heteroatoms. The number of nitrogens with one attached hydrogen (secondary N) is 1. The zero-order valence-corrected chi connectivity index (χ0v) is 15.8. The fraction of sp³-hybridized carbons (Fsp3) is 0.167. The first-order valence-electron chi connectivity index (χ1n) is 7.85. The Hall–Kier alpha value is -2.22. The summed E-state index contributed by atoms with van der Waals surface area (Å²) in [5.74, 6) is -0.371. The highest BCUT2D eigenvalue weighted by Gasteiger charge is 2.25. The van der Waals surface area contributed by atoms with Crippen LogP contribution in [-0.2, 0) is 16.6 Å². The van der Waals surface area contributed by atoms with Crippen LogP contribution in [0.4, 0.5) is 4.39 Å². The average molecular weight is 394 g/mol. The lowest BCUT2D eigenvalue weighted by molar-refractivity contribution is 0.580. The first kappa shape index (κ1) is 18.6. The molecule has 0 spiro atoms. The van der Waals surface area contributed by atoms with Gasteiger partial charge in [-0.2, -0.15) is 5.10 Å². The van der Waals surface area contributed by atoms with Crippen molar-refractivity contribution in [1.82, 2.24) is 14.5 Å². The number of hydrogen-bond acceptors (Lipinski definition) is 3. The number of nitrogens with zero attached hydrogens (tertiary/aromatic N) is 2. The van der Waals surface area contributed by atoms with Gasteiger partial charge in [-0.1, -0.05) is 29.8 Å². The van der Waals surface area contributed by atoms with E-state index in [1.807, 2.05) is 0 Å². The molecule has 3 rings (SSSR count). The van der Waals surface area contributed by atoms with Crippen LogP contribution >= 0.6 is 11.6 Å². The van der Waals surface area contributed by atoms with Gasteiger partial charge < -0.3 is 0 Å². The number of halogens is 2. The fourth-order valence-electron chi connectivity index (χ4n) is 2.74. The summed E-state index contributed by atoms with van der Waals surface area (Å²) < 4.78 is 42.8. The lowest BCUT2D eigenvalue weighted by Gasteiger charge is -2.09. The summed E-state index contributed by atoms with van der Waals surface area (Å²) in [6.07, 6.45) is 0. The normalized spacial score (nSPS) is 11.7. The monoisotopic (exact) mass is 393 g/mol. The van der Waals surface area contributed by atoms with Crippen LogP contribution in [-0.4, -0.2) is 18.2 Å². The summed E-state index contributed by atoms with van der Waals surface area (Å²) in [5, 5.41) is 4.79. The van der Waals surface area contributed by atoms with Gasteiger partial charge in [-0.3, -0.25) is 0 Å². The standard InChI is InChI=1S/C18H17ClFN3O2S/c1-12-18(13(2)23(22-12)16-9-7-15(20)8-10-16)26(24,25)21-11-14-5-3-4-6-17(14)19/h3-10,21H,11H2,1-2H3. The summed E-state index contributed by atoms with van der Waals surface area (Å²) in [6, 6.07) is 12.7. The van der Waals surface area contributed by atoms with Crippen LogP contribution in [0.15, 0.2) is 53.4 Å². The SMILES string of the molecule is Cc1nn(-c2ccc(F)cc2)c(C)c1S(=O)(=O)NCc1ccccc1Cl. The average Bonchev–Trinajstić information content (AvgIpc) is 2.90. The van der Waals surface area contributed by atoms with E-state index in [1.165, 1.54) is 16.8 Å². The molecule has 3 aromatic rings. The summed E-state index contributed by atoms with van der Waals surface area (Å²) in [5.41, 5.74) is 2.07. The molecule has 1 heterocycles. The van der Waals surface area contributed by atoms with Crippen molar-refractivity contribution in [3.8, 4) is 5.69 Å². The molecular weight excluding hydrogens is 377 g/mol. The molecule has 0 fully saturated rings. The first-order chi connectivity index (χ1) is 12.3. The third kappa shape index (κ3) is 3.65. The molecule has 26 heavy (non-hydrogen) atoms. The van der Waals surface area contributed by atoms with Gasteiger partial charge in [0.15, 0.2) is 0 Å². The van der Waals surface area contributed by atoms with Crippen LogP contribution in [0.5, 0.6) is 0 Å². The van der Waals surface area contributed by atoms with Gasteiger partial charge in [0.25, 0.3) is 0 Å². The maximum Gasteiger partial charge on any atom is 0.244 e. The zero-order chi connectivity index (χ0) is 18.9. The van der Waals surface area contributed by atoms with E-state index in [0.717, 1.165) is 0 Å². The molecule has 0 aliphatic rings. The lowest BCUT2D eigenvalue weighted by atomic mass is 10.2. The highest BCUT2D eigenvalue weighted by molar-refractivity contribution is 7.89. The van der Waals surface area contributed by atoms with Crippen molar-refractivity contribution in [2.24, 2.45) is 0 Å². The summed E-state index contributed by atoms with van der Waals surface area (Å²) in [4.78, 5) is 0.105. The highest BCUT2D eigenvalue weighted by atomic mass is 35.5. The van der Waals surface area contributed by atoms with Crippen LogP contribution in [0, 0.1) is 19.7 Å². The molecule has 0 aliphatic carbocycles. The van der Waals surface area contributed by atoms with E-state index in [2.05, 4.69) is 9.82 Å². The van der Waals surface area contributed by atoms with Gasteiger partial charge in [-0.05, 0) is 49.7 Å². The zero-order valence-electron chi connectivity index (χ0n) is 14.2. The van der Waals surface area contributed by atoms with E-state index >= 15 is 0 Å². The maximum atomic E-state index is 13.1. The topological polar surface area (TPSA) is 64.0 Å². The minimum Gasteiger partial charge on any atom is -0.236 e. The minimum absolute atomic E-state index is 0.0720. The lowest BCUT2D eigenvalue weighted by Crippen LogP contribution is -2.24. The largest absolute Gasteiger partial charge is 0.244 e. The van der Waals surface area contributed by atoms with Crippen molar-refractivity contribution in [2.75, 3.05) is 0 Å². The molecule has 1 N–H and O–H groups in total. The second-order valence-electron chi connectivity index (χ2n) is 5.80. The number of aromatic nitrogens is 2. The van der Waals surface area contributed by atoms with Crippen molar-refractivity contribution >= 4 is 21.6 Å². The van der Waals surface area contributed by atoms with Crippen LogP contribution in [0.1, 0.15) is 17.0 Å². The molecule has 0 amide bonds. The number of hydrogen-bond donors (Lipinski definition) is 1. The Morgan fingerprint density at radius 2 is 1.77 bits per heavy atom. The van der Waals surface area contributed by atoms with Crippen molar-refractivity contribution < 1.29 is 12.8 Å². The van der Waals surface area contributed by atoms with E-state index in [4.69, 9.17) is 11.6 Å². The molecular formula is C18H17ClFN3O2S. The van der Waals surface area contributed by atoms with Crippen molar-refractivity contribution in [1.29, 1.82) is 0 Å². The van der Waals surface area contributed by atoms with Crippen LogP contribution in [0.25, 0.3) is 5.69 Å². The second-order valence-corrected chi connectivity index (χ2v) is 7.92. The van der Waals surface area contributed by atoms with Gasteiger partial charge in [0, 0.05) is 11.6 Å². The van der Waals surface area contributed by atoms with Crippen LogP contribution in [0.3, 0.4) is 0 Å². The number of benzene rings is 2. The number of sulfonamides is 1. The van der Waals surface area contributed by atoms with E-state index < -0.39 is 10.0 Å². The van der Waals surface area contributed by atoms with E-state index in [-0.39, 0.29) is 17.3 Å². The van der Waals surface area contributed by atoms with Crippen LogP contribution < -0.4 is 4.72 Å². The Kier molecular flexibility index (Phi) is 5.13. The summed E-state index contributed by atoms with van der Waals surface area (Å²) in [7, 11) is -3.80. The molecule has 0 saturated heterocycles. The fourth-order valence-corrected chi connectivity index (χ4v) is 4.34. The third-order valence-corrected chi connectivity index (χ3v) is 6.00. The molecule has 5 nitrogen and oxygen atoms in total. The van der Waals surface area contributed by atoms with Gasteiger partial charge in [0.05, 0.1) is 17.1 Å². The van der Waals surface area contributed by atoms with E-state index in [0.29, 0.717) is 27.7 Å². The van der Waals surface area contributed by atoms with Crippen molar-refractivity contribution in [2.45, 2.75) is 25.3 Å². The number of rotatable bonds is 5. The molecule has 2 aromatic carbocycles. The highest BCUT2D eigenvalue weighted by Crippen LogP contribution is 2.23. The first-order valence-corrected chi connectivity index (χ1v) is 9.71. The molecule has 1 aromatic heterocycles. The molecule has 0 radical (unpaired) electrons. The smallest absolute Gasteiger partial charge is 0.236 e. The van der Waals surface area contributed by atoms with Crippen LogP contribution in [0.2, 0.25) is 5.02 Å². The van der Waals surface area contributed by atoms with Gasteiger partial charge in [-0.25, -0.2) is 22.2 Å². The second kappa shape index (κ2) is 7.19. The molecule has 0 atom stereocenters. The van der Waals surface area contributed by atoms with Crippen molar-refractivity contribution in [3.05, 3.63) is 76.3 Å². The molecule has 0 bridgehead atoms. The Morgan fingerprint density at radius 3 is 2.42 bits per heavy atom. The van der Waals surface area contributed by atoms with Gasteiger partial charge >= 0.3 is 0 Å². The molecule has 0 unspecified atom stereocenters. The summed E-state index contributed by atoms with van der Waals surface area (Å²) >= 11 is 6.08. The number of aryl methyl sites for hydroxylation is 1. The molecule has 136 valence electrons. The van der Waals surface area contributed by atoms with E-state index in [1.54, 1.807) is 50.2 Å². The summed E-state index contributed by atoms with van der Waals surface area (Å²) in [6.45, 7) is 3.35. The molecule has 0 aliphatic heterocycles. The van der Waals surface area contributed by atoms with Gasteiger partial charge in [0.2, 0.25) is 10.0 Å². The Bertz CT molecular complexity index is 1050. The predicted octanol–water partition coefficient (Wildman–Crippen LogP) is 3.76. The Balaban J connectivity index is 1.93. The van der Waals surface area contributed by atoms with Gasteiger partial charge in [-0.15, -0.1) is 0 Å². The Morgan fingerprint density at radius 1 is 1.12 bits per heavy atom. The minimum atomic E-state index is -3.80. The maximum absolute atomic E-state index is 13.1. The molecule has 0 saturated carbocycles. The van der Waals surface area contributed by atoms with Crippen molar-refractivity contribution in [3.63, 3.8) is 0 Å².